The number of benzene rings is 1. The Morgan fingerprint density at radius 1 is 1.29 bits per heavy atom. The molecule has 0 radical (unpaired) electrons. The van der Waals surface area contributed by atoms with Gasteiger partial charge in [-0.05, 0) is 32.0 Å². The second kappa shape index (κ2) is 4.13. The van der Waals surface area contributed by atoms with Gasteiger partial charge in [0, 0.05) is 7.05 Å². The standard InChI is InChI=1S/C13H13FN2O/c1-8-4-5-11(14)10(6-8)13(17)12-7-9(2)15-16(12)3/h4-7H,1-3H3. The Balaban J connectivity index is 2.50. The topological polar surface area (TPSA) is 34.9 Å². The molecule has 17 heavy (non-hydrogen) atoms. The molecule has 0 saturated carbocycles. The summed E-state index contributed by atoms with van der Waals surface area (Å²) in [5.41, 5.74) is 2.08. The van der Waals surface area contributed by atoms with E-state index in [2.05, 4.69) is 5.10 Å². The minimum Gasteiger partial charge on any atom is -0.287 e. The van der Waals surface area contributed by atoms with E-state index >= 15 is 0 Å². The van der Waals surface area contributed by atoms with E-state index in [0.717, 1.165) is 11.3 Å². The van der Waals surface area contributed by atoms with E-state index in [1.165, 1.54) is 10.7 Å². The Hall–Kier alpha value is -1.97. The highest BCUT2D eigenvalue weighted by atomic mass is 19.1. The Labute approximate surface area is 98.9 Å². The molecule has 2 aromatic rings. The SMILES string of the molecule is Cc1ccc(F)c(C(=O)c2cc(C)nn2C)c1. The molecule has 0 N–H and O–H groups in total. The van der Waals surface area contributed by atoms with E-state index < -0.39 is 5.82 Å². The molecule has 88 valence electrons. The van der Waals surface area contributed by atoms with Crippen LogP contribution in [0.5, 0.6) is 0 Å². The van der Waals surface area contributed by atoms with Crippen LogP contribution in [0, 0.1) is 19.7 Å². The van der Waals surface area contributed by atoms with Crippen molar-refractivity contribution in [3.63, 3.8) is 0 Å². The summed E-state index contributed by atoms with van der Waals surface area (Å²) in [5.74, 6) is -0.839. The normalized spacial score (nSPS) is 10.6. The third-order valence-electron chi connectivity index (χ3n) is 2.60. The lowest BCUT2D eigenvalue weighted by molar-refractivity contribution is 0.102. The Morgan fingerprint density at radius 3 is 2.59 bits per heavy atom. The van der Waals surface area contributed by atoms with Crippen molar-refractivity contribution in [2.45, 2.75) is 13.8 Å². The fraction of sp³-hybridized carbons (Fsp3) is 0.231. The molecule has 3 nitrogen and oxygen atoms in total. The van der Waals surface area contributed by atoms with Gasteiger partial charge in [-0.3, -0.25) is 9.48 Å². The molecule has 0 fully saturated rings. The number of hydrogen-bond donors (Lipinski definition) is 0. The summed E-state index contributed by atoms with van der Waals surface area (Å²) in [4.78, 5) is 12.2. The molecule has 0 saturated heterocycles. The van der Waals surface area contributed by atoms with Crippen molar-refractivity contribution >= 4 is 5.78 Å². The average Bonchev–Trinajstić information content (AvgIpc) is 2.60. The molecule has 0 amide bonds. The molecule has 0 aliphatic carbocycles. The number of hydrogen-bond acceptors (Lipinski definition) is 2. The highest BCUT2D eigenvalue weighted by Crippen LogP contribution is 2.15. The second-order valence-corrected chi connectivity index (χ2v) is 4.11. The van der Waals surface area contributed by atoms with Crippen molar-refractivity contribution in [2.24, 2.45) is 7.05 Å². The van der Waals surface area contributed by atoms with Crippen LogP contribution < -0.4 is 0 Å². The van der Waals surface area contributed by atoms with Gasteiger partial charge in [0.1, 0.15) is 11.5 Å². The fourth-order valence-electron chi connectivity index (χ4n) is 1.77. The van der Waals surface area contributed by atoms with Crippen LogP contribution in [0.4, 0.5) is 4.39 Å². The maximum Gasteiger partial charge on any atom is 0.213 e. The van der Waals surface area contributed by atoms with Gasteiger partial charge < -0.3 is 0 Å². The molecule has 1 aromatic heterocycles. The fourth-order valence-corrected chi connectivity index (χ4v) is 1.77. The minimum atomic E-state index is -0.501. The van der Waals surface area contributed by atoms with E-state index in [1.54, 1.807) is 32.2 Å². The molecule has 0 aliphatic heterocycles. The minimum absolute atomic E-state index is 0.0907. The first-order chi connectivity index (χ1) is 7.99. The van der Waals surface area contributed by atoms with Crippen LogP contribution in [0.25, 0.3) is 0 Å². The largest absolute Gasteiger partial charge is 0.287 e. The van der Waals surface area contributed by atoms with Gasteiger partial charge in [0.25, 0.3) is 0 Å². The summed E-state index contributed by atoms with van der Waals surface area (Å²) in [5, 5.41) is 4.08. The zero-order chi connectivity index (χ0) is 12.6. The van der Waals surface area contributed by atoms with Crippen LogP contribution in [0.3, 0.4) is 0 Å². The molecule has 0 bridgehead atoms. The van der Waals surface area contributed by atoms with E-state index in [-0.39, 0.29) is 11.3 Å². The molecule has 0 atom stereocenters. The summed E-state index contributed by atoms with van der Waals surface area (Å²) in [6, 6.07) is 6.16. The average molecular weight is 232 g/mol. The van der Waals surface area contributed by atoms with Gasteiger partial charge in [-0.15, -0.1) is 0 Å². The molecule has 0 unspecified atom stereocenters. The van der Waals surface area contributed by atoms with E-state index in [0.29, 0.717) is 5.69 Å². The molecule has 4 heteroatoms. The summed E-state index contributed by atoms with van der Waals surface area (Å²) in [7, 11) is 1.67. The third-order valence-corrected chi connectivity index (χ3v) is 2.60. The second-order valence-electron chi connectivity index (χ2n) is 4.11. The summed E-state index contributed by atoms with van der Waals surface area (Å²) in [6.45, 7) is 3.62. The number of nitrogens with zero attached hydrogens (tertiary/aromatic N) is 2. The first-order valence-corrected chi connectivity index (χ1v) is 5.30. The van der Waals surface area contributed by atoms with Crippen molar-refractivity contribution in [1.82, 2.24) is 9.78 Å². The third kappa shape index (κ3) is 2.11. The predicted molar refractivity (Wildman–Crippen MR) is 62.5 cm³/mol. The number of ketones is 1. The van der Waals surface area contributed by atoms with Crippen LogP contribution in [-0.4, -0.2) is 15.6 Å². The van der Waals surface area contributed by atoms with Crippen LogP contribution in [0.15, 0.2) is 24.3 Å². The molecular weight excluding hydrogens is 219 g/mol. The molecular formula is C13H13FN2O. The lowest BCUT2D eigenvalue weighted by Crippen LogP contribution is -2.10. The number of rotatable bonds is 2. The van der Waals surface area contributed by atoms with E-state index in [9.17, 15) is 9.18 Å². The van der Waals surface area contributed by atoms with E-state index in [4.69, 9.17) is 0 Å². The molecule has 1 aromatic carbocycles. The number of carbonyl (C=O) groups excluding carboxylic acids is 1. The van der Waals surface area contributed by atoms with E-state index in [1.807, 2.05) is 6.92 Å². The monoisotopic (exact) mass is 232 g/mol. The van der Waals surface area contributed by atoms with Crippen LogP contribution >= 0.6 is 0 Å². The zero-order valence-electron chi connectivity index (χ0n) is 9.99. The van der Waals surface area contributed by atoms with Gasteiger partial charge in [0.05, 0.1) is 11.3 Å². The Morgan fingerprint density at radius 2 is 2.00 bits per heavy atom. The van der Waals surface area contributed by atoms with Crippen molar-refractivity contribution < 1.29 is 9.18 Å². The predicted octanol–water partition coefficient (Wildman–Crippen LogP) is 2.41. The van der Waals surface area contributed by atoms with Gasteiger partial charge >= 0.3 is 0 Å². The maximum absolute atomic E-state index is 13.6. The summed E-state index contributed by atoms with van der Waals surface area (Å²) >= 11 is 0. The Kier molecular flexibility index (Phi) is 2.79. The van der Waals surface area contributed by atoms with Crippen LogP contribution in [0.2, 0.25) is 0 Å². The highest BCUT2D eigenvalue weighted by Gasteiger charge is 2.17. The molecule has 2 rings (SSSR count). The van der Waals surface area contributed by atoms with Gasteiger partial charge in [-0.2, -0.15) is 5.10 Å². The van der Waals surface area contributed by atoms with Crippen molar-refractivity contribution in [1.29, 1.82) is 0 Å². The van der Waals surface area contributed by atoms with Crippen molar-refractivity contribution in [2.75, 3.05) is 0 Å². The lowest BCUT2D eigenvalue weighted by atomic mass is 10.0. The van der Waals surface area contributed by atoms with Gasteiger partial charge in [-0.1, -0.05) is 11.6 Å². The lowest BCUT2D eigenvalue weighted by Gasteiger charge is -2.04. The number of aromatic nitrogens is 2. The number of carbonyl (C=O) groups is 1. The van der Waals surface area contributed by atoms with Crippen LogP contribution in [-0.2, 0) is 7.05 Å². The zero-order valence-corrected chi connectivity index (χ0v) is 9.99. The first-order valence-electron chi connectivity index (χ1n) is 5.30. The molecule has 0 spiro atoms. The maximum atomic E-state index is 13.6. The van der Waals surface area contributed by atoms with Gasteiger partial charge in [0.2, 0.25) is 5.78 Å². The first kappa shape index (κ1) is 11.5. The quantitative estimate of drug-likeness (QED) is 0.745. The van der Waals surface area contributed by atoms with Crippen LogP contribution in [0.1, 0.15) is 27.3 Å². The van der Waals surface area contributed by atoms with Gasteiger partial charge in [0.15, 0.2) is 0 Å². The smallest absolute Gasteiger partial charge is 0.213 e. The molecule has 1 heterocycles. The van der Waals surface area contributed by atoms with Crippen molar-refractivity contribution in [3.8, 4) is 0 Å². The number of aryl methyl sites for hydroxylation is 3. The highest BCUT2D eigenvalue weighted by molar-refractivity contribution is 6.08. The van der Waals surface area contributed by atoms with Crippen molar-refractivity contribution in [3.05, 3.63) is 52.6 Å². The Bertz CT molecular complexity index is 587. The summed E-state index contributed by atoms with van der Waals surface area (Å²) in [6.07, 6.45) is 0. The van der Waals surface area contributed by atoms with Gasteiger partial charge in [-0.25, -0.2) is 4.39 Å². The summed E-state index contributed by atoms with van der Waals surface area (Å²) < 4.78 is 15.1. The molecule has 0 aliphatic rings. The number of halogens is 1.